The van der Waals surface area contributed by atoms with Gasteiger partial charge in [-0.2, -0.15) is 4.68 Å². The summed E-state index contributed by atoms with van der Waals surface area (Å²) in [6, 6.07) is 37.6. The smallest absolute Gasteiger partial charge is 0.361 e. The number of nitrogens with one attached hydrogen (secondary N) is 1. The Morgan fingerprint density at radius 2 is 0.812 bits per heavy atom. The number of carbonyl (C=O) groups is 5. The number of hydrogen-bond acceptors (Lipinski definition) is 8. The number of hydrogen-bond donors (Lipinski definition) is 2. The summed E-state index contributed by atoms with van der Waals surface area (Å²) in [6.45, 7) is 20.9. The summed E-state index contributed by atoms with van der Waals surface area (Å²) in [5, 5.41) is 22.7. The lowest BCUT2D eigenvalue weighted by Crippen LogP contribution is -2.19. The number of H-pyrrole nitrogens is 1. The fourth-order valence-electron chi connectivity index (χ4n) is 9.15. The van der Waals surface area contributed by atoms with Crippen LogP contribution in [0.3, 0.4) is 0 Å². The third-order valence-electron chi connectivity index (χ3n) is 12.8. The second-order valence-corrected chi connectivity index (χ2v) is 28.7. The van der Waals surface area contributed by atoms with E-state index in [1.165, 1.54) is 4.68 Å². The number of carboxylic acids is 1. The van der Waals surface area contributed by atoms with Gasteiger partial charge in [0.25, 0.3) is 17.7 Å². The number of rotatable bonds is 9. The van der Waals surface area contributed by atoms with E-state index >= 15 is 0 Å². The van der Waals surface area contributed by atoms with E-state index in [2.05, 4.69) is 41.7 Å². The van der Waals surface area contributed by atoms with E-state index in [0.717, 1.165) is 66.4 Å². The molecule has 4 heterocycles. The van der Waals surface area contributed by atoms with Crippen LogP contribution in [0.1, 0.15) is 81.5 Å². The first-order valence-electron chi connectivity index (χ1n) is 25.3. The third-order valence-corrected chi connectivity index (χ3v) is 13.7. The van der Waals surface area contributed by atoms with Crippen LogP contribution >= 0.6 is 46.4 Å². The van der Waals surface area contributed by atoms with E-state index in [9.17, 15) is 33.9 Å². The number of benzene rings is 6. The zero-order chi connectivity index (χ0) is 58.5. The van der Waals surface area contributed by atoms with E-state index < -0.39 is 25.0 Å². The molecule has 10 aromatic rings. The fraction of sp³-hybridized carbons (Fsp3) is 0.213. The summed E-state index contributed by atoms with van der Waals surface area (Å²) in [5.74, 6) is -1.43. The van der Waals surface area contributed by atoms with Gasteiger partial charge in [0.1, 0.15) is 0 Å². The quantitative estimate of drug-likeness (QED) is 0.105. The molecular weight excluding hydrogens is 1110 g/mol. The highest BCUT2D eigenvalue weighted by Gasteiger charge is 2.24. The van der Waals surface area contributed by atoms with Crippen molar-refractivity contribution in [3.8, 4) is 0 Å². The monoisotopic (exact) mass is 1170 g/mol. The maximum absolute atomic E-state index is 13.2. The molecule has 0 amide bonds. The molecule has 0 aliphatic heterocycles. The van der Waals surface area contributed by atoms with Crippen molar-refractivity contribution in [2.24, 2.45) is 0 Å². The van der Waals surface area contributed by atoms with Crippen molar-refractivity contribution >= 4 is 116 Å². The molecule has 0 unspecified atom stereocenters. The first kappa shape index (κ1) is 60.0. The molecule has 0 bridgehead atoms. The Bertz CT molecular complexity index is 3890. The summed E-state index contributed by atoms with van der Waals surface area (Å²) >= 11 is 23.3. The first-order chi connectivity index (χ1) is 37.7. The predicted octanol–water partition coefficient (Wildman–Crippen LogP) is 14.0. The van der Waals surface area contributed by atoms with Crippen LogP contribution in [0, 0.1) is 41.5 Å². The van der Waals surface area contributed by atoms with Gasteiger partial charge in [0.05, 0.1) is 29.5 Å². The van der Waals surface area contributed by atoms with Crippen molar-refractivity contribution in [3.05, 3.63) is 220 Å². The van der Waals surface area contributed by atoms with Gasteiger partial charge in [-0.15, -0.1) is 0 Å². The van der Waals surface area contributed by atoms with Gasteiger partial charge in [0, 0.05) is 85.1 Å². The number of halogens is 4. The summed E-state index contributed by atoms with van der Waals surface area (Å²) in [6.07, 6.45) is -0.0269. The van der Waals surface area contributed by atoms with Crippen LogP contribution in [-0.4, -0.2) is 76.0 Å². The Labute approximate surface area is 483 Å². The number of aromatic amines is 1. The Balaban J connectivity index is 0.000000166. The molecule has 0 fully saturated rings. The van der Waals surface area contributed by atoms with Crippen LogP contribution in [0.4, 0.5) is 0 Å². The van der Waals surface area contributed by atoms with Crippen molar-refractivity contribution in [1.29, 1.82) is 0 Å². The highest BCUT2D eigenvalue weighted by Crippen LogP contribution is 2.32. The van der Waals surface area contributed by atoms with Crippen LogP contribution < -0.4 is 5.69 Å². The maximum Gasteiger partial charge on any atom is 0.361 e. The number of tetrazole rings is 1. The number of carbonyl (C=O) groups excluding carboxylic acids is 4. The Kier molecular flexibility index (Phi) is 18.9. The van der Waals surface area contributed by atoms with E-state index in [1.54, 1.807) is 93.4 Å². The van der Waals surface area contributed by atoms with Crippen LogP contribution in [0.5, 0.6) is 0 Å². The molecule has 2 N–H and O–H groups in total. The minimum Gasteiger partial charge on any atom is -0.481 e. The number of aliphatic carboxylic acids is 1. The third kappa shape index (κ3) is 14.0. The summed E-state index contributed by atoms with van der Waals surface area (Å²) in [4.78, 5) is 73.6. The molecular formula is C61H59Cl4N7O7Si. The van der Waals surface area contributed by atoms with Crippen molar-refractivity contribution < 1.29 is 29.1 Å². The highest BCUT2D eigenvalue weighted by molar-refractivity contribution is 6.74. The molecule has 80 heavy (non-hydrogen) atoms. The SMILES string of the molecule is C[Si](C)(C)C.Cc1ccc2c(c1)c(CC(=O)Cl)c(C)n2C(=O)c1ccc(Cl)cc1.Cc1ccc2c(c1)c(CC(=O)O)c(C)n2C(=O)c1ccc(Cl)cc1.Cc1ccc2c(c1)c(Cn1nn[nH]c1=O)c(C)n2C(=O)c1ccc(Cl)cc1. The lowest BCUT2D eigenvalue weighted by Gasteiger charge is -2.08. The molecule has 0 aliphatic rings. The average Bonchev–Trinajstić information content (AvgIpc) is 4.32. The molecule has 412 valence electrons. The van der Waals surface area contributed by atoms with Crippen LogP contribution in [0.25, 0.3) is 32.7 Å². The van der Waals surface area contributed by atoms with Gasteiger partial charge in [-0.05, 0) is 184 Å². The predicted molar refractivity (Wildman–Crippen MR) is 323 cm³/mol. The summed E-state index contributed by atoms with van der Waals surface area (Å²) < 4.78 is 6.11. The number of carboxylic acid groups (broad SMARTS) is 1. The lowest BCUT2D eigenvalue weighted by molar-refractivity contribution is -0.136. The number of fused-ring (bicyclic) bond motifs is 3. The van der Waals surface area contributed by atoms with Gasteiger partial charge >= 0.3 is 11.7 Å². The minimum absolute atomic E-state index is 0.0915. The number of nitrogens with zero attached hydrogens (tertiary/aromatic N) is 6. The lowest BCUT2D eigenvalue weighted by atomic mass is 10.1. The summed E-state index contributed by atoms with van der Waals surface area (Å²) in [5.41, 5.74) is 11.0. The van der Waals surface area contributed by atoms with E-state index in [-0.39, 0.29) is 37.1 Å². The average molecular weight is 1170 g/mol. The molecule has 6 aromatic carbocycles. The molecule has 0 spiro atoms. The maximum atomic E-state index is 13.2. The van der Waals surface area contributed by atoms with Gasteiger partial charge in [-0.25, -0.2) is 9.89 Å². The van der Waals surface area contributed by atoms with Gasteiger partial charge in [0.2, 0.25) is 5.24 Å². The largest absolute Gasteiger partial charge is 0.481 e. The van der Waals surface area contributed by atoms with Gasteiger partial charge in [-0.1, -0.05) is 95.9 Å². The van der Waals surface area contributed by atoms with E-state index in [4.69, 9.17) is 46.4 Å². The van der Waals surface area contributed by atoms with Crippen molar-refractivity contribution in [3.63, 3.8) is 0 Å². The highest BCUT2D eigenvalue weighted by atomic mass is 35.5. The van der Waals surface area contributed by atoms with Crippen molar-refractivity contribution in [1.82, 2.24) is 33.9 Å². The second-order valence-electron chi connectivity index (χ2n) is 21.0. The topological polar surface area (TPSA) is 184 Å². The van der Waals surface area contributed by atoms with Crippen molar-refractivity contribution in [2.45, 2.75) is 87.1 Å². The van der Waals surface area contributed by atoms with Gasteiger partial charge in [-0.3, -0.25) is 37.7 Å². The molecule has 0 saturated carbocycles. The standard InChI is InChI=1S/C19H15Cl2NO2.C19H16ClN5O2.C19H16ClNO3.C4H12Si/c1-11-3-8-17-16(9-11)15(10-18(21)23)12(2)22(17)19(24)13-4-6-14(20)7-5-13;1-11-3-8-17-15(9-11)16(10-24-19(27)21-22-23-24)12(2)25(17)18(26)13-4-6-14(20)7-5-13;1-11-3-8-17-16(9-11)15(10-18(22)23)12(2)21(17)19(24)13-4-6-14(20)7-5-13;1-5(2,3)4/h3-9H,10H2,1-2H3;3-9H,10H2,1-2H3,(H,21,23,27);3-9H,10H2,1-2H3,(H,22,23);1-4H3. The molecule has 4 aromatic heterocycles. The second kappa shape index (κ2) is 25.2. The molecule has 0 saturated heterocycles. The molecule has 0 atom stereocenters. The van der Waals surface area contributed by atoms with Gasteiger partial charge < -0.3 is 5.11 Å². The minimum atomic E-state index is -0.919. The zero-order valence-corrected chi connectivity index (χ0v) is 49.9. The van der Waals surface area contributed by atoms with E-state index in [0.29, 0.717) is 48.5 Å². The molecule has 0 aliphatic carbocycles. The first-order valence-corrected chi connectivity index (χ1v) is 30.8. The van der Waals surface area contributed by atoms with Crippen molar-refractivity contribution in [2.75, 3.05) is 0 Å². The molecule has 19 heteroatoms. The molecule has 0 radical (unpaired) electrons. The van der Waals surface area contributed by atoms with Crippen LogP contribution in [0.2, 0.25) is 41.3 Å². The van der Waals surface area contributed by atoms with Crippen LogP contribution in [-0.2, 0) is 29.0 Å². The van der Waals surface area contributed by atoms with Gasteiger partial charge in [0.15, 0.2) is 0 Å². The number of aryl methyl sites for hydroxylation is 3. The Morgan fingerprint density at radius 1 is 0.500 bits per heavy atom. The number of aromatic nitrogens is 7. The zero-order valence-electron chi connectivity index (χ0n) is 45.8. The fourth-order valence-corrected chi connectivity index (χ4v) is 9.66. The molecule has 10 rings (SSSR count). The Hall–Kier alpha value is -7.66. The molecule has 14 nitrogen and oxygen atoms in total. The Morgan fingerprint density at radius 3 is 1.11 bits per heavy atom. The van der Waals surface area contributed by atoms with E-state index in [1.807, 2.05) is 89.2 Å². The summed E-state index contributed by atoms with van der Waals surface area (Å²) in [7, 11) is -0.611. The van der Waals surface area contributed by atoms with Crippen LogP contribution in [0.15, 0.2) is 132 Å². The normalized spacial score (nSPS) is 11.1.